The van der Waals surface area contributed by atoms with Gasteiger partial charge in [-0.05, 0) is 32.3 Å². The highest BCUT2D eigenvalue weighted by Crippen LogP contribution is 2.37. The largest absolute Gasteiger partial charge is 0.356 e. The molecule has 0 saturated carbocycles. The lowest BCUT2D eigenvalue weighted by molar-refractivity contribution is 0.533. The van der Waals surface area contributed by atoms with Crippen LogP contribution in [-0.4, -0.2) is 46.1 Å². The molecule has 7 nitrogen and oxygen atoms in total. The van der Waals surface area contributed by atoms with Crippen LogP contribution < -0.4 is 9.80 Å². The van der Waals surface area contributed by atoms with E-state index in [9.17, 15) is 0 Å². The molecule has 0 aromatic carbocycles. The third-order valence-corrected chi connectivity index (χ3v) is 5.85. The van der Waals surface area contributed by atoms with Crippen molar-refractivity contribution in [1.82, 2.24) is 19.9 Å². The molecule has 0 bridgehead atoms. The minimum Gasteiger partial charge on any atom is -0.356 e. The van der Waals surface area contributed by atoms with Crippen LogP contribution in [0, 0.1) is 30.1 Å². The van der Waals surface area contributed by atoms with Gasteiger partial charge in [0, 0.05) is 55.5 Å². The number of nitriles is 1. The molecule has 2 fully saturated rings. The molecule has 2 aromatic rings. The quantitative estimate of drug-likeness (QED) is 0.814. The van der Waals surface area contributed by atoms with Crippen LogP contribution in [0.3, 0.4) is 0 Å². The minimum absolute atomic E-state index is 0.431. The summed E-state index contributed by atoms with van der Waals surface area (Å²) < 4.78 is 0. The number of fused-ring (bicyclic) bond motifs is 2. The van der Waals surface area contributed by atoms with Gasteiger partial charge in [0.1, 0.15) is 23.4 Å². The lowest BCUT2D eigenvalue weighted by atomic mass is 10.0. The fourth-order valence-corrected chi connectivity index (χ4v) is 4.69. The Morgan fingerprint density at radius 1 is 1.04 bits per heavy atom. The summed E-state index contributed by atoms with van der Waals surface area (Å²) in [6.07, 6.45) is 5.07. The second kappa shape index (κ2) is 5.90. The standard InChI is InChI=1S/C19H21N7/c1-12-22-17-4-2-3-16(17)18(23-12)25-8-13-10-26(11-14(13)9-25)19-21-6-5-15(7-20)24-19/h5-6,13-14H,2-4,8-11H2,1H3. The second-order valence-corrected chi connectivity index (χ2v) is 7.56. The van der Waals surface area contributed by atoms with Crippen molar-refractivity contribution in [2.24, 2.45) is 11.8 Å². The third-order valence-electron chi connectivity index (χ3n) is 5.85. The molecule has 1 aliphatic carbocycles. The first-order chi connectivity index (χ1) is 12.7. The second-order valence-electron chi connectivity index (χ2n) is 7.56. The molecular weight excluding hydrogens is 326 g/mol. The van der Waals surface area contributed by atoms with Gasteiger partial charge in [0.15, 0.2) is 0 Å². The van der Waals surface area contributed by atoms with Gasteiger partial charge in [-0.1, -0.05) is 0 Å². The van der Waals surface area contributed by atoms with Crippen molar-refractivity contribution in [1.29, 1.82) is 5.26 Å². The molecule has 0 N–H and O–H groups in total. The average Bonchev–Trinajstić information content (AvgIpc) is 3.35. The van der Waals surface area contributed by atoms with Crippen molar-refractivity contribution >= 4 is 11.8 Å². The predicted octanol–water partition coefficient (Wildman–Crippen LogP) is 1.51. The van der Waals surface area contributed by atoms with Crippen molar-refractivity contribution in [2.75, 3.05) is 36.0 Å². The Hall–Kier alpha value is -2.75. The first-order valence-electron chi connectivity index (χ1n) is 9.30. The van der Waals surface area contributed by atoms with Gasteiger partial charge in [0.25, 0.3) is 0 Å². The summed E-state index contributed by atoms with van der Waals surface area (Å²) >= 11 is 0. The van der Waals surface area contributed by atoms with Crippen LogP contribution >= 0.6 is 0 Å². The Bertz CT molecular complexity index is 889. The van der Waals surface area contributed by atoms with Crippen LogP contribution in [0.4, 0.5) is 11.8 Å². The molecular formula is C19H21N7. The molecule has 2 saturated heterocycles. The first-order valence-corrected chi connectivity index (χ1v) is 9.30. The van der Waals surface area contributed by atoms with Gasteiger partial charge in [-0.15, -0.1) is 0 Å². The molecule has 132 valence electrons. The van der Waals surface area contributed by atoms with E-state index in [0.29, 0.717) is 23.5 Å². The summed E-state index contributed by atoms with van der Waals surface area (Å²) in [4.78, 5) is 22.8. The van der Waals surface area contributed by atoms with Crippen molar-refractivity contribution in [3.8, 4) is 6.07 Å². The summed E-state index contributed by atoms with van der Waals surface area (Å²) in [6.45, 7) is 5.95. The van der Waals surface area contributed by atoms with Crippen LogP contribution in [0.1, 0.15) is 29.2 Å². The molecule has 26 heavy (non-hydrogen) atoms. The zero-order valence-electron chi connectivity index (χ0n) is 14.9. The number of hydrogen-bond acceptors (Lipinski definition) is 7. The first kappa shape index (κ1) is 15.5. The number of anilines is 2. The molecule has 0 spiro atoms. The summed E-state index contributed by atoms with van der Waals surface area (Å²) in [7, 11) is 0. The molecule has 0 amide bonds. The fraction of sp³-hybridized carbons (Fsp3) is 0.526. The zero-order valence-corrected chi connectivity index (χ0v) is 14.9. The highest BCUT2D eigenvalue weighted by molar-refractivity contribution is 5.53. The van der Waals surface area contributed by atoms with E-state index < -0.39 is 0 Å². The van der Waals surface area contributed by atoms with Crippen LogP contribution in [0.5, 0.6) is 0 Å². The van der Waals surface area contributed by atoms with Crippen molar-refractivity contribution in [3.05, 3.63) is 35.0 Å². The summed E-state index contributed by atoms with van der Waals surface area (Å²) in [6, 6.07) is 3.75. The summed E-state index contributed by atoms with van der Waals surface area (Å²) in [5.41, 5.74) is 3.06. The number of nitrogens with zero attached hydrogens (tertiary/aromatic N) is 7. The smallest absolute Gasteiger partial charge is 0.226 e. The van der Waals surface area contributed by atoms with Gasteiger partial charge in [-0.3, -0.25) is 0 Å². The maximum Gasteiger partial charge on any atom is 0.226 e. The molecule has 5 rings (SSSR count). The Kier molecular flexibility index (Phi) is 3.52. The van der Waals surface area contributed by atoms with Crippen molar-refractivity contribution in [2.45, 2.75) is 26.2 Å². The maximum absolute atomic E-state index is 9.05. The molecule has 2 unspecified atom stereocenters. The van der Waals surface area contributed by atoms with Crippen LogP contribution in [0.25, 0.3) is 0 Å². The molecule has 3 aliphatic rings. The van der Waals surface area contributed by atoms with E-state index in [1.165, 1.54) is 23.5 Å². The zero-order chi connectivity index (χ0) is 17.7. The van der Waals surface area contributed by atoms with Crippen molar-refractivity contribution < 1.29 is 0 Å². The van der Waals surface area contributed by atoms with Crippen LogP contribution in [0.15, 0.2) is 12.3 Å². The number of hydrogen-bond donors (Lipinski definition) is 0. The van der Waals surface area contributed by atoms with Crippen LogP contribution in [-0.2, 0) is 12.8 Å². The molecule has 2 aliphatic heterocycles. The van der Waals surface area contributed by atoms with Gasteiger partial charge in [-0.2, -0.15) is 5.26 Å². The van der Waals surface area contributed by atoms with E-state index in [1.54, 1.807) is 12.3 Å². The van der Waals surface area contributed by atoms with E-state index >= 15 is 0 Å². The monoisotopic (exact) mass is 347 g/mol. The van der Waals surface area contributed by atoms with Gasteiger partial charge < -0.3 is 9.80 Å². The Morgan fingerprint density at radius 3 is 2.58 bits per heavy atom. The highest BCUT2D eigenvalue weighted by Gasteiger charge is 2.42. The van der Waals surface area contributed by atoms with Gasteiger partial charge >= 0.3 is 0 Å². The lowest BCUT2D eigenvalue weighted by Crippen LogP contribution is -2.31. The summed E-state index contributed by atoms with van der Waals surface area (Å²) in [5.74, 6) is 3.94. The number of rotatable bonds is 2. The number of aromatic nitrogens is 4. The molecule has 0 radical (unpaired) electrons. The molecule has 7 heteroatoms. The number of aryl methyl sites for hydroxylation is 2. The SMILES string of the molecule is Cc1nc2c(c(N3CC4CN(c5nccc(C#N)n5)CC4C3)n1)CCC2. The van der Waals surface area contributed by atoms with Crippen molar-refractivity contribution in [3.63, 3.8) is 0 Å². The topological polar surface area (TPSA) is 81.8 Å². The predicted molar refractivity (Wildman–Crippen MR) is 96.9 cm³/mol. The van der Waals surface area contributed by atoms with E-state index in [-0.39, 0.29) is 0 Å². The molecule has 4 heterocycles. The lowest BCUT2D eigenvalue weighted by Gasteiger charge is -2.24. The third kappa shape index (κ3) is 2.48. The Balaban J connectivity index is 1.34. The Morgan fingerprint density at radius 2 is 1.81 bits per heavy atom. The van der Waals surface area contributed by atoms with E-state index in [2.05, 4.69) is 30.8 Å². The normalized spacial score (nSPS) is 23.8. The van der Waals surface area contributed by atoms with E-state index in [4.69, 9.17) is 10.2 Å². The van der Waals surface area contributed by atoms with Gasteiger partial charge in [-0.25, -0.2) is 19.9 Å². The van der Waals surface area contributed by atoms with Crippen LogP contribution in [0.2, 0.25) is 0 Å². The van der Waals surface area contributed by atoms with Gasteiger partial charge in [0.2, 0.25) is 5.95 Å². The minimum atomic E-state index is 0.431. The maximum atomic E-state index is 9.05. The average molecular weight is 347 g/mol. The molecule has 2 aromatic heterocycles. The van der Waals surface area contributed by atoms with E-state index in [0.717, 1.165) is 44.8 Å². The Labute approximate surface area is 152 Å². The fourth-order valence-electron chi connectivity index (χ4n) is 4.69. The molecule has 2 atom stereocenters. The highest BCUT2D eigenvalue weighted by atomic mass is 15.3. The van der Waals surface area contributed by atoms with E-state index in [1.807, 2.05) is 6.92 Å². The van der Waals surface area contributed by atoms with Gasteiger partial charge in [0.05, 0.1) is 0 Å². The summed E-state index contributed by atoms with van der Waals surface area (Å²) in [5, 5.41) is 9.05.